The van der Waals surface area contributed by atoms with E-state index in [1.807, 2.05) is 0 Å². The third-order valence-electron chi connectivity index (χ3n) is 3.88. The van der Waals surface area contributed by atoms with Crippen LogP contribution in [0.4, 0.5) is 0 Å². The van der Waals surface area contributed by atoms with Crippen molar-refractivity contribution in [1.82, 2.24) is 5.32 Å². The number of piperidine rings is 1. The fourth-order valence-electron chi connectivity index (χ4n) is 2.64. The lowest BCUT2D eigenvalue weighted by Gasteiger charge is -2.42. The average Bonchev–Trinajstić information content (AvgIpc) is 2.16. The van der Waals surface area contributed by atoms with Crippen LogP contribution in [0.5, 0.6) is 0 Å². The van der Waals surface area contributed by atoms with E-state index in [4.69, 9.17) is 0 Å². The van der Waals surface area contributed by atoms with Crippen molar-refractivity contribution in [2.45, 2.75) is 45.4 Å². The number of nitrogens with one attached hydrogen (secondary N) is 1. The molecule has 0 aromatic carbocycles. The molecule has 1 saturated carbocycles. The zero-order valence-electron chi connectivity index (χ0n) is 8.44. The molecule has 0 bridgehead atoms. The van der Waals surface area contributed by atoms with Crippen LogP contribution in [0.2, 0.25) is 0 Å². The fourth-order valence-corrected chi connectivity index (χ4v) is 2.64. The van der Waals surface area contributed by atoms with Gasteiger partial charge in [0, 0.05) is 13.0 Å². The van der Waals surface area contributed by atoms with Crippen LogP contribution in [-0.2, 0) is 4.79 Å². The number of carbonyl (C=O) groups is 1. The normalized spacial score (nSPS) is 40.4. The number of hydrogen-bond acceptors (Lipinski definition) is 1. The van der Waals surface area contributed by atoms with Crippen molar-refractivity contribution in [2.75, 3.05) is 6.54 Å². The molecule has 1 heterocycles. The molecule has 2 rings (SSSR count). The highest BCUT2D eigenvalue weighted by Crippen LogP contribution is 2.43. The van der Waals surface area contributed by atoms with Gasteiger partial charge in [0.25, 0.3) is 0 Å². The number of hydrogen-bond donors (Lipinski definition) is 1. The largest absolute Gasteiger partial charge is 0.356 e. The first-order valence-corrected chi connectivity index (χ1v) is 5.47. The zero-order valence-corrected chi connectivity index (χ0v) is 8.44. The van der Waals surface area contributed by atoms with Gasteiger partial charge in [-0.25, -0.2) is 0 Å². The maximum absolute atomic E-state index is 11.0. The Morgan fingerprint density at radius 1 is 1.31 bits per heavy atom. The highest BCUT2D eigenvalue weighted by molar-refractivity contribution is 5.76. The van der Waals surface area contributed by atoms with Gasteiger partial charge < -0.3 is 5.32 Å². The van der Waals surface area contributed by atoms with E-state index >= 15 is 0 Å². The summed E-state index contributed by atoms with van der Waals surface area (Å²) in [5.41, 5.74) is 0.487. The summed E-state index contributed by atoms with van der Waals surface area (Å²) >= 11 is 0. The lowest BCUT2D eigenvalue weighted by Crippen LogP contribution is -2.44. The molecule has 0 radical (unpaired) electrons. The van der Waals surface area contributed by atoms with E-state index in [-0.39, 0.29) is 5.91 Å². The van der Waals surface area contributed by atoms with Gasteiger partial charge in [0.05, 0.1) is 0 Å². The Balaban J connectivity index is 1.94. The smallest absolute Gasteiger partial charge is 0.220 e. The Labute approximate surface area is 80.1 Å². The van der Waals surface area contributed by atoms with Crippen LogP contribution in [-0.4, -0.2) is 12.5 Å². The van der Waals surface area contributed by atoms with E-state index in [0.717, 1.165) is 25.3 Å². The molecule has 13 heavy (non-hydrogen) atoms. The van der Waals surface area contributed by atoms with Gasteiger partial charge in [-0.05, 0) is 30.6 Å². The first-order chi connectivity index (χ1) is 6.20. The van der Waals surface area contributed by atoms with E-state index in [1.54, 1.807) is 0 Å². The van der Waals surface area contributed by atoms with E-state index < -0.39 is 0 Å². The summed E-state index contributed by atoms with van der Waals surface area (Å²) in [6.45, 7) is 3.28. The molecule has 1 N–H and O–H groups in total. The molecule has 2 fully saturated rings. The van der Waals surface area contributed by atoms with Crippen LogP contribution in [0.15, 0.2) is 0 Å². The minimum Gasteiger partial charge on any atom is -0.356 e. The van der Waals surface area contributed by atoms with Crippen molar-refractivity contribution in [2.24, 2.45) is 11.3 Å². The maximum atomic E-state index is 11.0. The van der Waals surface area contributed by atoms with E-state index in [2.05, 4.69) is 12.2 Å². The molecule has 2 heteroatoms. The summed E-state index contributed by atoms with van der Waals surface area (Å²) in [5.74, 6) is 1.16. The highest BCUT2D eigenvalue weighted by Gasteiger charge is 2.36. The van der Waals surface area contributed by atoms with Gasteiger partial charge in [0.15, 0.2) is 0 Å². The Morgan fingerprint density at radius 2 is 2.00 bits per heavy atom. The minimum atomic E-state index is 0.254. The predicted molar refractivity (Wildman–Crippen MR) is 52.3 cm³/mol. The monoisotopic (exact) mass is 181 g/mol. The molecule has 0 unspecified atom stereocenters. The second-order valence-corrected chi connectivity index (χ2v) is 4.96. The lowest BCUT2D eigenvalue weighted by molar-refractivity contribution is -0.125. The molecule has 0 aromatic heterocycles. The van der Waals surface area contributed by atoms with Crippen LogP contribution in [0.1, 0.15) is 45.4 Å². The summed E-state index contributed by atoms with van der Waals surface area (Å²) in [6.07, 6.45) is 7.26. The molecule has 1 saturated heterocycles. The van der Waals surface area contributed by atoms with Gasteiger partial charge >= 0.3 is 0 Å². The van der Waals surface area contributed by atoms with Crippen molar-refractivity contribution in [1.29, 1.82) is 0 Å². The lowest BCUT2D eigenvalue weighted by atomic mass is 9.67. The van der Waals surface area contributed by atoms with Crippen molar-refractivity contribution < 1.29 is 4.79 Å². The minimum absolute atomic E-state index is 0.254. The van der Waals surface area contributed by atoms with Crippen molar-refractivity contribution in [3.8, 4) is 0 Å². The van der Waals surface area contributed by atoms with Gasteiger partial charge in [0.1, 0.15) is 0 Å². The molecule has 1 aliphatic carbocycles. The SMILES string of the molecule is CC1CCC2(CCC(=O)NC2)CC1. The van der Waals surface area contributed by atoms with Gasteiger partial charge in [-0.15, -0.1) is 0 Å². The first kappa shape index (κ1) is 9.04. The molecule has 1 aliphatic heterocycles. The zero-order chi connectivity index (χ0) is 9.31. The topological polar surface area (TPSA) is 29.1 Å². The van der Waals surface area contributed by atoms with Crippen LogP contribution >= 0.6 is 0 Å². The Kier molecular flexibility index (Phi) is 2.31. The average molecular weight is 181 g/mol. The molecule has 0 aromatic rings. The summed E-state index contributed by atoms with van der Waals surface area (Å²) in [6, 6.07) is 0. The summed E-state index contributed by atoms with van der Waals surface area (Å²) in [7, 11) is 0. The van der Waals surface area contributed by atoms with Crippen molar-refractivity contribution >= 4 is 5.91 Å². The van der Waals surface area contributed by atoms with E-state index in [1.165, 1.54) is 25.7 Å². The molecule has 2 aliphatic rings. The molecule has 2 nitrogen and oxygen atoms in total. The second-order valence-electron chi connectivity index (χ2n) is 4.96. The summed E-state index contributed by atoms with van der Waals surface area (Å²) < 4.78 is 0. The summed E-state index contributed by atoms with van der Waals surface area (Å²) in [5, 5.41) is 3.02. The van der Waals surface area contributed by atoms with Crippen LogP contribution in [0.25, 0.3) is 0 Å². The van der Waals surface area contributed by atoms with Gasteiger partial charge in [-0.2, -0.15) is 0 Å². The Bertz CT molecular complexity index is 192. The van der Waals surface area contributed by atoms with Gasteiger partial charge in [0.2, 0.25) is 5.91 Å². The molecular weight excluding hydrogens is 162 g/mol. The van der Waals surface area contributed by atoms with Gasteiger partial charge in [-0.1, -0.05) is 19.8 Å². The third kappa shape index (κ3) is 1.87. The van der Waals surface area contributed by atoms with E-state index in [0.29, 0.717) is 5.41 Å². The second kappa shape index (κ2) is 3.32. The molecule has 1 spiro atoms. The predicted octanol–water partition coefficient (Wildman–Crippen LogP) is 2.09. The molecule has 0 atom stereocenters. The van der Waals surface area contributed by atoms with E-state index in [9.17, 15) is 4.79 Å². The first-order valence-electron chi connectivity index (χ1n) is 5.47. The molecular formula is C11H19NO. The maximum Gasteiger partial charge on any atom is 0.220 e. The Morgan fingerprint density at radius 3 is 2.54 bits per heavy atom. The van der Waals surface area contributed by atoms with Crippen LogP contribution in [0, 0.1) is 11.3 Å². The fraction of sp³-hybridized carbons (Fsp3) is 0.909. The number of amides is 1. The van der Waals surface area contributed by atoms with Gasteiger partial charge in [-0.3, -0.25) is 4.79 Å². The van der Waals surface area contributed by atoms with Crippen molar-refractivity contribution in [3.63, 3.8) is 0 Å². The van der Waals surface area contributed by atoms with Crippen molar-refractivity contribution in [3.05, 3.63) is 0 Å². The van der Waals surface area contributed by atoms with Crippen LogP contribution in [0.3, 0.4) is 0 Å². The van der Waals surface area contributed by atoms with Crippen LogP contribution < -0.4 is 5.32 Å². The standard InChI is InChI=1S/C11H19NO/c1-9-2-5-11(6-3-9)7-4-10(13)12-8-11/h9H,2-8H2,1H3,(H,12,13). The number of rotatable bonds is 0. The Hall–Kier alpha value is -0.530. The quantitative estimate of drug-likeness (QED) is 0.609. The molecule has 1 amide bonds. The third-order valence-corrected chi connectivity index (χ3v) is 3.88. The highest BCUT2D eigenvalue weighted by atomic mass is 16.1. The number of carbonyl (C=O) groups excluding carboxylic acids is 1. The summed E-state index contributed by atoms with van der Waals surface area (Å²) in [4.78, 5) is 11.0. The molecule has 74 valence electrons.